The van der Waals surface area contributed by atoms with Gasteiger partial charge in [-0.25, -0.2) is 0 Å². The minimum absolute atomic E-state index is 0.0656. The largest absolute Gasteiger partial charge is 0.481 e. The average molecular weight is 201 g/mol. The van der Waals surface area contributed by atoms with Crippen LogP contribution in [0.25, 0.3) is 0 Å². The number of carbonyl (C=O) groups is 2. The first-order chi connectivity index (χ1) is 6.47. The lowest BCUT2D eigenvalue weighted by Crippen LogP contribution is -2.36. The zero-order valence-corrected chi connectivity index (χ0v) is 9.04. The van der Waals surface area contributed by atoms with Gasteiger partial charge < -0.3 is 10.4 Å². The lowest BCUT2D eigenvalue weighted by atomic mass is 10.0. The van der Waals surface area contributed by atoms with Gasteiger partial charge in [0.2, 0.25) is 5.91 Å². The number of nitrogens with one attached hydrogen (secondary N) is 1. The fourth-order valence-electron chi connectivity index (χ4n) is 1.04. The van der Waals surface area contributed by atoms with E-state index in [1.165, 1.54) is 0 Å². The van der Waals surface area contributed by atoms with Gasteiger partial charge in [0.05, 0.1) is 6.42 Å². The van der Waals surface area contributed by atoms with E-state index in [9.17, 15) is 9.59 Å². The third-order valence-electron chi connectivity index (χ3n) is 2.45. The van der Waals surface area contributed by atoms with E-state index in [1.54, 1.807) is 0 Å². The molecular weight excluding hydrogens is 182 g/mol. The Hall–Kier alpha value is -1.06. The third kappa shape index (κ3) is 5.56. The topological polar surface area (TPSA) is 66.4 Å². The first kappa shape index (κ1) is 12.9. The van der Waals surface area contributed by atoms with Gasteiger partial charge in [-0.15, -0.1) is 0 Å². The standard InChI is InChI=1S/C10H19NO3/c1-4-7(2)8(3)11-9(12)5-6-10(13)14/h7-8H,4-6H2,1-3H3,(H,11,12)(H,13,14). The maximum atomic E-state index is 11.2. The second kappa shape index (κ2) is 6.40. The van der Waals surface area contributed by atoms with Gasteiger partial charge in [-0.2, -0.15) is 0 Å². The molecular formula is C10H19NO3. The van der Waals surface area contributed by atoms with Crippen molar-refractivity contribution >= 4 is 11.9 Å². The molecule has 0 aromatic carbocycles. The smallest absolute Gasteiger partial charge is 0.303 e. The lowest BCUT2D eigenvalue weighted by molar-refractivity contribution is -0.139. The Morgan fingerprint density at radius 2 is 1.86 bits per heavy atom. The van der Waals surface area contributed by atoms with E-state index in [-0.39, 0.29) is 24.8 Å². The zero-order valence-electron chi connectivity index (χ0n) is 9.04. The van der Waals surface area contributed by atoms with Crippen molar-refractivity contribution in [2.75, 3.05) is 0 Å². The van der Waals surface area contributed by atoms with E-state index in [4.69, 9.17) is 5.11 Å². The summed E-state index contributed by atoms with van der Waals surface area (Å²) in [5.74, 6) is -0.694. The van der Waals surface area contributed by atoms with Crippen molar-refractivity contribution in [3.63, 3.8) is 0 Å². The summed E-state index contributed by atoms with van der Waals surface area (Å²) in [4.78, 5) is 21.4. The molecule has 0 saturated heterocycles. The molecule has 2 unspecified atom stereocenters. The van der Waals surface area contributed by atoms with Crippen LogP contribution in [0.3, 0.4) is 0 Å². The predicted octanol–water partition coefficient (Wildman–Crippen LogP) is 1.40. The van der Waals surface area contributed by atoms with Crippen LogP contribution in [0.15, 0.2) is 0 Å². The molecule has 0 aliphatic rings. The van der Waals surface area contributed by atoms with Gasteiger partial charge in [-0.1, -0.05) is 20.3 Å². The monoisotopic (exact) mass is 201 g/mol. The van der Waals surface area contributed by atoms with Gasteiger partial charge in [-0.3, -0.25) is 9.59 Å². The Kier molecular flexibility index (Phi) is 5.92. The molecule has 0 fully saturated rings. The number of carbonyl (C=O) groups excluding carboxylic acids is 1. The normalized spacial score (nSPS) is 14.5. The molecule has 0 saturated carbocycles. The Labute approximate surface area is 84.7 Å². The van der Waals surface area contributed by atoms with Crippen LogP contribution >= 0.6 is 0 Å². The van der Waals surface area contributed by atoms with Crippen molar-refractivity contribution in [2.24, 2.45) is 5.92 Å². The Morgan fingerprint density at radius 3 is 2.29 bits per heavy atom. The molecule has 0 spiro atoms. The highest BCUT2D eigenvalue weighted by atomic mass is 16.4. The summed E-state index contributed by atoms with van der Waals surface area (Å²) in [6, 6.07) is 0.112. The fourth-order valence-corrected chi connectivity index (χ4v) is 1.04. The summed E-state index contributed by atoms with van der Waals surface area (Å²) in [5, 5.41) is 11.2. The summed E-state index contributed by atoms with van der Waals surface area (Å²) < 4.78 is 0. The van der Waals surface area contributed by atoms with E-state index in [1.807, 2.05) is 6.92 Å². The van der Waals surface area contributed by atoms with Crippen LogP contribution in [0.5, 0.6) is 0 Å². The fraction of sp³-hybridized carbons (Fsp3) is 0.800. The van der Waals surface area contributed by atoms with Crippen LogP contribution in [-0.4, -0.2) is 23.0 Å². The number of carboxylic acids is 1. The van der Waals surface area contributed by atoms with Crippen molar-refractivity contribution in [1.82, 2.24) is 5.32 Å². The molecule has 4 nitrogen and oxygen atoms in total. The minimum atomic E-state index is -0.934. The Morgan fingerprint density at radius 1 is 1.29 bits per heavy atom. The molecule has 1 amide bonds. The number of rotatable bonds is 6. The van der Waals surface area contributed by atoms with Crippen molar-refractivity contribution in [2.45, 2.75) is 46.1 Å². The van der Waals surface area contributed by atoms with Gasteiger partial charge >= 0.3 is 5.97 Å². The molecule has 0 aromatic rings. The van der Waals surface area contributed by atoms with E-state index in [0.29, 0.717) is 5.92 Å². The highest BCUT2D eigenvalue weighted by Gasteiger charge is 2.13. The molecule has 0 bridgehead atoms. The molecule has 82 valence electrons. The Balaban J connectivity index is 3.76. The van der Waals surface area contributed by atoms with E-state index < -0.39 is 5.97 Å². The zero-order chi connectivity index (χ0) is 11.1. The Bertz CT molecular complexity index is 204. The van der Waals surface area contributed by atoms with Crippen LogP contribution in [-0.2, 0) is 9.59 Å². The first-order valence-corrected chi connectivity index (χ1v) is 4.98. The highest BCUT2D eigenvalue weighted by Crippen LogP contribution is 2.06. The number of amides is 1. The molecule has 0 aliphatic carbocycles. The van der Waals surface area contributed by atoms with Crippen LogP contribution in [0.4, 0.5) is 0 Å². The second-order valence-electron chi connectivity index (χ2n) is 3.64. The summed E-state index contributed by atoms with van der Waals surface area (Å²) in [6.07, 6.45) is 0.968. The van der Waals surface area contributed by atoms with Crippen LogP contribution in [0.1, 0.15) is 40.0 Å². The maximum absolute atomic E-state index is 11.2. The van der Waals surface area contributed by atoms with Crippen molar-refractivity contribution in [3.05, 3.63) is 0 Å². The first-order valence-electron chi connectivity index (χ1n) is 4.98. The molecule has 2 N–H and O–H groups in total. The van der Waals surface area contributed by atoms with Crippen molar-refractivity contribution in [3.8, 4) is 0 Å². The van der Waals surface area contributed by atoms with Crippen molar-refractivity contribution < 1.29 is 14.7 Å². The van der Waals surface area contributed by atoms with Gasteiger partial charge in [0, 0.05) is 12.5 Å². The molecule has 0 aliphatic heterocycles. The van der Waals surface area contributed by atoms with Crippen LogP contribution in [0, 0.1) is 5.92 Å². The SMILES string of the molecule is CCC(C)C(C)NC(=O)CCC(=O)O. The van der Waals surface area contributed by atoms with Gasteiger partial charge in [-0.05, 0) is 12.8 Å². The van der Waals surface area contributed by atoms with Gasteiger partial charge in [0.25, 0.3) is 0 Å². The van der Waals surface area contributed by atoms with E-state index in [0.717, 1.165) is 6.42 Å². The molecule has 2 atom stereocenters. The molecule has 0 rings (SSSR count). The summed E-state index contributed by atoms with van der Waals surface area (Å²) >= 11 is 0. The maximum Gasteiger partial charge on any atom is 0.303 e. The quantitative estimate of drug-likeness (QED) is 0.682. The average Bonchev–Trinajstić information content (AvgIpc) is 2.13. The number of hydrogen-bond acceptors (Lipinski definition) is 2. The summed E-state index contributed by atoms with van der Waals surface area (Å²) in [7, 11) is 0. The number of aliphatic carboxylic acids is 1. The minimum Gasteiger partial charge on any atom is -0.481 e. The predicted molar refractivity (Wildman–Crippen MR) is 53.9 cm³/mol. The van der Waals surface area contributed by atoms with Crippen molar-refractivity contribution in [1.29, 1.82) is 0 Å². The van der Waals surface area contributed by atoms with E-state index in [2.05, 4.69) is 19.2 Å². The second-order valence-corrected chi connectivity index (χ2v) is 3.64. The summed E-state index contributed by atoms with van der Waals surface area (Å²) in [5.41, 5.74) is 0. The highest BCUT2D eigenvalue weighted by molar-refractivity contribution is 5.80. The lowest BCUT2D eigenvalue weighted by Gasteiger charge is -2.19. The molecule has 0 aromatic heterocycles. The van der Waals surface area contributed by atoms with Crippen LogP contribution in [0.2, 0.25) is 0 Å². The molecule has 14 heavy (non-hydrogen) atoms. The molecule has 0 heterocycles. The third-order valence-corrected chi connectivity index (χ3v) is 2.45. The summed E-state index contributed by atoms with van der Waals surface area (Å²) in [6.45, 7) is 6.06. The van der Waals surface area contributed by atoms with Gasteiger partial charge in [0.1, 0.15) is 0 Å². The van der Waals surface area contributed by atoms with Crippen LogP contribution < -0.4 is 5.32 Å². The number of carboxylic acid groups (broad SMARTS) is 1. The molecule has 0 radical (unpaired) electrons. The number of hydrogen-bond donors (Lipinski definition) is 2. The van der Waals surface area contributed by atoms with Gasteiger partial charge in [0.15, 0.2) is 0 Å². The molecule has 4 heteroatoms. The van der Waals surface area contributed by atoms with E-state index >= 15 is 0 Å².